The van der Waals surface area contributed by atoms with Gasteiger partial charge in [-0.2, -0.15) is 0 Å². The molecule has 0 aliphatic heterocycles. The first kappa shape index (κ1) is 23.2. The van der Waals surface area contributed by atoms with E-state index >= 15 is 0 Å². The molecule has 0 spiro atoms. The van der Waals surface area contributed by atoms with Crippen LogP contribution in [-0.4, -0.2) is 34.2 Å². The van der Waals surface area contributed by atoms with E-state index in [2.05, 4.69) is 42.9 Å². The molecule has 0 saturated heterocycles. The van der Waals surface area contributed by atoms with Gasteiger partial charge < -0.3 is 21.1 Å². The van der Waals surface area contributed by atoms with Gasteiger partial charge in [0.2, 0.25) is 0 Å². The second-order valence-electron chi connectivity index (χ2n) is 8.00. The fourth-order valence-electron chi connectivity index (χ4n) is 3.89. The van der Waals surface area contributed by atoms with Crippen molar-refractivity contribution >= 4 is 51.0 Å². The first-order chi connectivity index (χ1) is 15.9. The summed E-state index contributed by atoms with van der Waals surface area (Å²) in [5.41, 5.74) is 2.38. The van der Waals surface area contributed by atoms with E-state index in [9.17, 15) is 14.7 Å². The molecule has 2 aromatic carbocycles. The number of halogens is 2. The minimum Gasteiger partial charge on any atom is -0.394 e. The average molecular weight is 530 g/mol. The highest BCUT2D eigenvalue weighted by atomic mass is 79.9. The SMILES string of the molecule is O=C(Nc1cccc(C(=O)Nc2ccc(Cl)cn2)c1)NC1(CO)CCc2cc(Br)ccc2C1. The number of benzene rings is 2. The summed E-state index contributed by atoms with van der Waals surface area (Å²) in [7, 11) is 0. The summed E-state index contributed by atoms with van der Waals surface area (Å²) in [4.78, 5) is 29.3. The van der Waals surface area contributed by atoms with Crippen LogP contribution in [-0.2, 0) is 12.8 Å². The lowest BCUT2D eigenvalue weighted by Gasteiger charge is -2.37. The van der Waals surface area contributed by atoms with Gasteiger partial charge in [-0.15, -0.1) is 0 Å². The van der Waals surface area contributed by atoms with Gasteiger partial charge in [0.05, 0.1) is 17.2 Å². The first-order valence-electron chi connectivity index (χ1n) is 10.4. The number of hydrogen-bond acceptors (Lipinski definition) is 4. The van der Waals surface area contributed by atoms with Crippen LogP contribution in [0.25, 0.3) is 0 Å². The van der Waals surface area contributed by atoms with Crippen LogP contribution < -0.4 is 16.0 Å². The second kappa shape index (κ2) is 9.91. The molecule has 7 nitrogen and oxygen atoms in total. The maximum Gasteiger partial charge on any atom is 0.319 e. The van der Waals surface area contributed by atoms with Crippen molar-refractivity contribution in [2.24, 2.45) is 0 Å². The van der Waals surface area contributed by atoms with Crippen LogP contribution in [0.4, 0.5) is 16.3 Å². The van der Waals surface area contributed by atoms with Crippen molar-refractivity contribution in [3.05, 3.63) is 87.0 Å². The number of fused-ring (bicyclic) bond motifs is 1. The number of aliphatic hydroxyl groups is 1. The van der Waals surface area contributed by atoms with Gasteiger partial charge >= 0.3 is 6.03 Å². The zero-order valence-corrected chi connectivity index (χ0v) is 19.9. The molecule has 1 aromatic heterocycles. The standard InChI is InChI=1S/C24H22BrClN4O3/c25-18-5-4-17-12-24(14-31,9-8-15(17)10-18)30-23(33)28-20-3-1-2-16(11-20)22(32)29-21-7-6-19(26)13-27-21/h1-7,10-11,13,31H,8-9,12,14H2,(H,27,29,32)(H2,28,30,33). The van der Waals surface area contributed by atoms with Crippen LogP contribution >= 0.6 is 27.5 Å². The molecule has 1 atom stereocenters. The molecule has 0 fully saturated rings. The number of amides is 3. The third-order valence-corrected chi connectivity index (χ3v) is 6.32. The summed E-state index contributed by atoms with van der Waals surface area (Å²) < 4.78 is 1.01. The van der Waals surface area contributed by atoms with Gasteiger partial charge in [0, 0.05) is 21.9 Å². The van der Waals surface area contributed by atoms with E-state index < -0.39 is 11.6 Å². The maximum absolute atomic E-state index is 12.8. The largest absolute Gasteiger partial charge is 0.394 e. The molecule has 3 aromatic rings. The van der Waals surface area contributed by atoms with Gasteiger partial charge in [-0.1, -0.05) is 39.7 Å². The molecule has 3 amide bonds. The summed E-state index contributed by atoms with van der Waals surface area (Å²) >= 11 is 9.30. The number of pyridine rings is 1. The molecule has 9 heteroatoms. The van der Waals surface area contributed by atoms with Gasteiger partial charge in [-0.05, 0) is 72.9 Å². The quantitative estimate of drug-likeness (QED) is 0.381. The summed E-state index contributed by atoms with van der Waals surface area (Å²) in [6.07, 6.45) is 3.36. The summed E-state index contributed by atoms with van der Waals surface area (Å²) in [5.74, 6) is 0.00533. The highest BCUT2D eigenvalue weighted by Gasteiger charge is 2.35. The number of hydrogen-bond donors (Lipinski definition) is 4. The molecule has 4 N–H and O–H groups in total. The lowest BCUT2D eigenvalue weighted by Crippen LogP contribution is -2.56. The van der Waals surface area contributed by atoms with Crippen molar-refractivity contribution in [3.63, 3.8) is 0 Å². The summed E-state index contributed by atoms with van der Waals surface area (Å²) in [5, 5.41) is 19.0. The smallest absolute Gasteiger partial charge is 0.319 e. The fourth-order valence-corrected chi connectivity index (χ4v) is 4.41. The molecule has 1 unspecified atom stereocenters. The Balaban J connectivity index is 1.41. The van der Waals surface area contributed by atoms with E-state index in [1.54, 1.807) is 36.4 Å². The zero-order valence-electron chi connectivity index (χ0n) is 17.6. The number of rotatable bonds is 5. The minimum absolute atomic E-state index is 0.174. The number of nitrogens with zero attached hydrogens (tertiary/aromatic N) is 1. The third-order valence-electron chi connectivity index (χ3n) is 5.60. The van der Waals surface area contributed by atoms with Crippen molar-refractivity contribution in [2.45, 2.75) is 24.8 Å². The number of carbonyl (C=O) groups excluding carboxylic acids is 2. The minimum atomic E-state index is -0.750. The molecule has 1 heterocycles. The van der Waals surface area contributed by atoms with Crippen molar-refractivity contribution in [1.82, 2.24) is 10.3 Å². The van der Waals surface area contributed by atoms with Gasteiger partial charge in [-0.3, -0.25) is 4.79 Å². The highest BCUT2D eigenvalue weighted by Crippen LogP contribution is 2.30. The number of aliphatic hydroxyl groups excluding tert-OH is 1. The van der Waals surface area contributed by atoms with Gasteiger partial charge in [0.15, 0.2) is 0 Å². The van der Waals surface area contributed by atoms with E-state index in [4.69, 9.17) is 11.6 Å². The molecule has 1 aliphatic rings. The molecule has 33 heavy (non-hydrogen) atoms. The lowest BCUT2D eigenvalue weighted by atomic mass is 9.78. The zero-order chi connectivity index (χ0) is 23.4. The Labute approximate surface area is 204 Å². The highest BCUT2D eigenvalue weighted by molar-refractivity contribution is 9.10. The monoisotopic (exact) mass is 528 g/mol. The Hall–Kier alpha value is -2.94. The maximum atomic E-state index is 12.8. The predicted octanol–water partition coefficient (Wildman–Crippen LogP) is 4.79. The van der Waals surface area contributed by atoms with Gasteiger partial charge in [0.1, 0.15) is 5.82 Å². The van der Waals surface area contributed by atoms with E-state index in [-0.39, 0.29) is 12.5 Å². The van der Waals surface area contributed by atoms with Crippen LogP contribution in [0.3, 0.4) is 0 Å². The topological polar surface area (TPSA) is 103 Å². The Kier molecular flexibility index (Phi) is 6.97. The number of anilines is 2. The summed E-state index contributed by atoms with van der Waals surface area (Å²) in [6, 6.07) is 15.4. The predicted molar refractivity (Wildman–Crippen MR) is 132 cm³/mol. The van der Waals surface area contributed by atoms with Gasteiger partial charge in [-0.25, -0.2) is 9.78 Å². The number of urea groups is 1. The number of aryl methyl sites for hydroxylation is 1. The second-order valence-corrected chi connectivity index (χ2v) is 9.36. The van der Waals surface area contributed by atoms with Crippen molar-refractivity contribution in [3.8, 4) is 0 Å². The van der Waals surface area contributed by atoms with Gasteiger partial charge in [0.25, 0.3) is 5.91 Å². The molecule has 170 valence electrons. The molecule has 1 aliphatic carbocycles. The Morgan fingerprint density at radius 1 is 1.09 bits per heavy atom. The number of aromatic nitrogens is 1. The van der Waals surface area contributed by atoms with Crippen molar-refractivity contribution < 1.29 is 14.7 Å². The Morgan fingerprint density at radius 3 is 2.70 bits per heavy atom. The van der Waals surface area contributed by atoms with Crippen LogP contribution in [0.5, 0.6) is 0 Å². The average Bonchev–Trinajstić information content (AvgIpc) is 2.81. The third kappa shape index (κ3) is 5.71. The lowest BCUT2D eigenvalue weighted by molar-refractivity contribution is 0.102. The molecule has 0 radical (unpaired) electrons. The van der Waals surface area contributed by atoms with Crippen LogP contribution in [0.2, 0.25) is 5.02 Å². The van der Waals surface area contributed by atoms with Crippen molar-refractivity contribution in [1.29, 1.82) is 0 Å². The molecular weight excluding hydrogens is 508 g/mol. The Bertz CT molecular complexity index is 1190. The molecule has 0 bridgehead atoms. The van der Waals surface area contributed by atoms with Crippen molar-refractivity contribution in [2.75, 3.05) is 17.2 Å². The van der Waals surface area contributed by atoms with E-state index in [1.807, 2.05) is 12.1 Å². The molecule has 0 saturated carbocycles. The van der Waals surface area contributed by atoms with E-state index in [1.165, 1.54) is 11.8 Å². The van der Waals surface area contributed by atoms with Crippen LogP contribution in [0, 0.1) is 0 Å². The van der Waals surface area contributed by atoms with E-state index in [0.717, 1.165) is 16.5 Å². The Morgan fingerprint density at radius 2 is 1.94 bits per heavy atom. The molecule has 4 rings (SSSR count). The first-order valence-corrected chi connectivity index (χ1v) is 11.5. The normalized spacial score (nSPS) is 17.1. The molecular formula is C24H22BrClN4O3. The van der Waals surface area contributed by atoms with Crippen LogP contribution in [0.1, 0.15) is 27.9 Å². The summed E-state index contributed by atoms with van der Waals surface area (Å²) in [6.45, 7) is -0.174. The number of nitrogens with one attached hydrogen (secondary N) is 3. The fraction of sp³-hybridized carbons (Fsp3) is 0.208. The number of carbonyl (C=O) groups is 2. The van der Waals surface area contributed by atoms with Crippen LogP contribution in [0.15, 0.2) is 65.3 Å². The van der Waals surface area contributed by atoms with E-state index in [0.29, 0.717) is 34.9 Å².